The first-order valence-electron chi connectivity index (χ1n) is 6.49. The lowest BCUT2D eigenvalue weighted by atomic mass is 10.2. The molecular formula is C14H12ClN5O2. The fraction of sp³-hybridized carbons (Fsp3) is 0.143. The summed E-state index contributed by atoms with van der Waals surface area (Å²) in [5, 5.41) is 13.9. The second-order valence-corrected chi connectivity index (χ2v) is 5.26. The Morgan fingerprint density at radius 3 is 2.59 bits per heavy atom. The van der Waals surface area contributed by atoms with E-state index in [1.807, 2.05) is 0 Å². The van der Waals surface area contributed by atoms with Gasteiger partial charge >= 0.3 is 0 Å². The lowest BCUT2D eigenvalue weighted by Gasteiger charge is -2.04. The van der Waals surface area contributed by atoms with Crippen molar-refractivity contribution in [3.8, 4) is 0 Å². The van der Waals surface area contributed by atoms with Crippen LogP contribution < -0.4 is 10.9 Å². The number of amides is 1. The number of anilines is 1. The molecule has 0 aliphatic rings. The number of rotatable bonds is 2. The predicted octanol–water partition coefficient (Wildman–Crippen LogP) is 1.94. The summed E-state index contributed by atoms with van der Waals surface area (Å²) in [6.45, 7) is 3.26. The summed E-state index contributed by atoms with van der Waals surface area (Å²) in [4.78, 5) is 24.4. The van der Waals surface area contributed by atoms with Gasteiger partial charge in [-0.3, -0.25) is 14.7 Å². The quantitative estimate of drug-likeness (QED) is 0.755. The van der Waals surface area contributed by atoms with Crippen molar-refractivity contribution < 1.29 is 4.79 Å². The Hall–Kier alpha value is -2.67. The van der Waals surface area contributed by atoms with E-state index in [1.165, 1.54) is 4.52 Å². The van der Waals surface area contributed by atoms with Gasteiger partial charge in [0.2, 0.25) is 0 Å². The molecule has 1 amide bonds. The number of carbonyl (C=O) groups is 1. The van der Waals surface area contributed by atoms with Crippen molar-refractivity contribution in [2.45, 2.75) is 13.8 Å². The molecule has 0 radical (unpaired) electrons. The van der Waals surface area contributed by atoms with Gasteiger partial charge in [-0.05, 0) is 38.1 Å². The van der Waals surface area contributed by atoms with Gasteiger partial charge in [-0.25, -0.2) is 0 Å². The molecule has 3 rings (SSSR count). The molecule has 0 aliphatic heterocycles. The lowest BCUT2D eigenvalue weighted by Crippen LogP contribution is -2.20. The van der Waals surface area contributed by atoms with Crippen LogP contribution in [0.3, 0.4) is 0 Å². The number of hydrogen-bond donors (Lipinski definition) is 2. The second kappa shape index (κ2) is 5.27. The summed E-state index contributed by atoms with van der Waals surface area (Å²) < 4.78 is 1.22. The first-order chi connectivity index (χ1) is 10.5. The Labute approximate surface area is 129 Å². The monoisotopic (exact) mass is 317 g/mol. The zero-order chi connectivity index (χ0) is 15.9. The smallest absolute Gasteiger partial charge is 0.294 e. The highest BCUT2D eigenvalue weighted by Crippen LogP contribution is 2.17. The number of aromatic amines is 1. The van der Waals surface area contributed by atoms with Crippen molar-refractivity contribution in [2.24, 2.45) is 0 Å². The molecule has 112 valence electrons. The standard InChI is InChI=1S/C14H12ClN5O2/c1-7-11(12-18-17-8(2)14(22)20(12)19-7)13(21)16-10-5-3-9(15)4-6-10/h3-6,19H,1-2H3,(H,16,21). The largest absolute Gasteiger partial charge is 0.322 e. The number of H-pyrrole nitrogens is 1. The predicted molar refractivity (Wildman–Crippen MR) is 82.5 cm³/mol. The van der Waals surface area contributed by atoms with Crippen LogP contribution in [0.1, 0.15) is 21.7 Å². The van der Waals surface area contributed by atoms with Gasteiger partial charge in [0.25, 0.3) is 11.5 Å². The van der Waals surface area contributed by atoms with Gasteiger partial charge in [-0.1, -0.05) is 11.6 Å². The van der Waals surface area contributed by atoms with E-state index < -0.39 is 0 Å². The van der Waals surface area contributed by atoms with Crippen LogP contribution in [-0.2, 0) is 0 Å². The van der Waals surface area contributed by atoms with E-state index in [9.17, 15) is 9.59 Å². The fourth-order valence-electron chi connectivity index (χ4n) is 2.12. The third-order valence-electron chi connectivity index (χ3n) is 3.23. The van der Waals surface area contributed by atoms with E-state index in [-0.39, 0.29) is 28.4 Å². The van der Waals surface area contributed by atoms with Crippen LogP contribution in [0.5, 0.6) is 0 Å². The van der Waals surface area contributed by atoms with E-state index in [1.54, 1.807) is 38.1 Å². The molecule has 0 saturated carbocycles. The number of carbonyl (C=O) groups excluding carboxylic acids is 1. The maximum absolute atomic E-state index is 12.4. The van der Waals surface area contributed by atoms with Crippen molar-refractivity contribution in [3.63, 3.8) is 0 Å². The number of benzene rings is 1. The summed E-state index contributed by atoms with van der Waals surface area (Å²) in [7, 11) is 0. The average molecular weight is 318 g/mol. The molecule has 8 heteroatoms. The van der Waals surface area contributed by atoms with Gasteiger partial charge in [0.15, 0.2) is 5.65 Å². The molecule has 22 heavy (non-hydrogen) atoms. The minimum Gasteiger partial charge on any atom is -0.322 e. The van der Waals surface area contributed by atoms with Gasteiger partial charge < -0.3 is 5.32 Å². The molecule has 0 aliphatic carbocycles. The van der Waals surface area contributed by atoms with E-state index in [0.29, 0.717) is 16.4 Å². The van der Waals surface area contributed by atoms with E-state index >= 15 is 0 Å². The summed E-state index contributed by atoms with van der Waals surface area (Å²) in [6, 6.07) is 6.72. The highest BCUT2D eigenvalue weighted by molar-refractivity contribution is 6.30. The lowest BCUT2D eigenvalue weighted by molar-refractivity contribution is 0.102. The van der Waals surface area contributed by atoms with Gasteiger partial charge in [0, 0.05) is 16.4 Å². The molecule has 0 fully saturated rings. The molecular weight excluding hydrogens is 306 g/mol. The molecule has 7 nitrogen and oxygen atoms in total. The van der Waals surface area contributed by atoms with Gasteiger partial charge in [0.05, 0.1) is 0 Å². The average Bonchev–Trinajstić information content (AvgIpc) is 2.82. The maximum Gasteiger partial charge on any atom is 0.294 e. The summed E-state index contributed by atoms with van der Waals surface area (Å²) >= 11 is 5.81. The minimum absolute atomic E-state index is 0.194. The van der Waals surface area contributed by atoms with Gasteiger partial charge in [0.1, 0.15) is 11.3 Å². The first-order valence-corrected chi connectivity index (χ1v) is 6.86. The Balaban J connectivity index is 2.04. The second-order valence-electron chi connectivity index (χ2n) is 4.82. The zero-order valence-corrected chi connectivity index (χ0v) is 12.6. The molecule has 2 aromatic heterocycles. The van der Waals surface area contributed by atoms with Crippen LogP contribution in [0.2, 0.25) is 5.02 Å². The molecule has 2 heterocycles. The van der Waals surface area contributed by atoms with Crippen LogP contribution in [0.25, 0.3) is 5.65 Å². The normalized spacial score (nSPS) is 10.9. The molecule has 0 bridgehead atoms. The van der Waals surface area contributed by atoms with Crippen molar-refractivity contribution in [1.29, 1.82) is 0 Å². The van der Waals surface area contributed by atoms with Crippen molar-refractivity contribution >= 4 is 28.8 Å². The number of halogens is 1. The molecule has 1 aromatic carbocycles. The van der Waals surface area contributed by atoms with Gasteiger partial charge in [-0.15, -0.1) is 10.2 Å². The SMILES string of the molecule is Cc1[nH]n2c(=O)c(C)nnc2c1C(=O)Nc1ccc(Cl)cc1. The van der Waals surface area contributed by atoms with E-state index in [0.717, 1.165) is 0 Å². The van der Waals surface area contributed by atoms with Crippen LogP contribution >= 0.6 is 11.6 Å². The molecule has 2 N–H and O–H groups in total. The Morgan fingerprint density at radius 1 is 1.23 bits per heavy atom. The Morgan fingerprint density at radius 2 is 1.91 bits per heavy atom. The van der Waals surface area contributed by atoms with Crippen LogP contribution in [0, 0.1) is 13.8 Å². The zero-order valence-electron chi connectivity index (χ0n) is 11.8. The minimum atomic E-state index is -0.379. The molecule has 3 aromatic rings. The van der Waals surface area contributed by atoms with Crippen molar-refractivity contribution in [3.05, 3.63) is 56.6 Å². The molecule has 0 unspecified atom stereocenters. The van der Waals surface area contributed by atoms with E-state index in [4.69, 9.17) is 11.6 Å². The molecule has 0 spiro atoms. The number of nitrogens with zero attached hydrogens (tertiary/aromatic N) is 3. The van der Waals surface area contributed by atoms with Crippen LogP contribution in [0.4, 0.5) is 5.69 Å². The fourth-order valence-corrected chi connectivity index (χ4v) is 2.25. The number of nitrogens with one attached hydrogen (secondary N) is 2. The number of aryl methyl sites for hydroxylation is 2. The van der Waals surface area contributed by atoms with Crippen molar-refractivity contribution in [2.75, 3.05) is 5.32 Å². The third-order valence-corrected chi connectivity index (χ3v) is 3.48. The maximum atomic E-state index is 12.4. The topological polar surface area (TPSA) is 92.2 Å². The highest BCUT2D eigenvalue weighted by atomic mass is 35.5. The Bertz CT molecular complexity index is 927. The Kier molecular flexibility index (Phi) is 3.42. The number of aromatic nitrogens is 4. The molecule has 0 atom stereocenters. The third kappa shape index (κ3) is 2.35. The van der Waals surface area contributed by atoms with Gasteiger partial charge in [-0.2, -0.15) is 4.52 Å². The highest BCUT2D eigenvalue weighted by Gasteiger charge is 2.19. The van der Waals surface area contributed by atoms with Crippen molar-refractivity contribution in [1.82, 2.24) is 19.8 Å². The number of fused-ring (bicyclic) bond motifs is 1. The van der Waals surface area contributed by atoms with E-state index in [2.05, 4.69) is 20.6 Å². The summed E-state index contributed by atoms with van der Waals surface area (Å²) in [5.74, 6) is -0.379. The first kappa shape index (κ1) is 14.3. The summed E-state index contributed by atoms with van der Waals surface area (Å²) in [6.07, 6.45) is 0. The molecule has 0 saturated heterocycles. The van der Waals surface area contributed by atoms with Crippen LogP contribution in [-0.4, -0.2) is 25.7 Å². The summed E-state index contributed by atoms with van der Waals surface area (Å²) in [5.41, 5.74) is 1.51. The number of hydrogen-bond acceptors (Lipinski definition) is 4. The van der Waals surface area contributed by atoms with Crippen LogP contribution in [0.15, 0.2) is 29.1 Å².